The first-order valence-corrected chi connectivity index (χ1v) is 9.91. The molecule has 0 fully saturated rings. The van der Waals surface area contributed by atoms with Crippen LogP contribution in [0.2, 0.25) is 0 Å². The second-order valence-corrected chi connectivity index (χ2v) is 8.72. The van der Waals surface area contributed by atoms with E-state index in [4.69, 9.17) is 9.47 Å². The molecule has 0 aromatic rings. The summed E-state index contributed by atoms with van der Waals surface area (Å²) in [5.74, 6) is -0.267. The highest BCUT2D eigenvalue weighted by molar-refractivity contribution is 5.72. The van der Waals surface area contributed by atoms with Crippen molar-refractivity contribution in [3.05, 3.63) is 0 Å². The van der Waals surface area contributed by atoms with E-state index in [9.17, 15) is 9.59 Å². The van der Waals surface area contributed by atoms with Crippen LogP contribution in [0.1, 0.15) is 40.5 Å². The molecule has 0 aromatic heterocycles. The molecule has 6 heteroatoms. The van der Waals surface area contributed by atoms with Crippen LogP contribution in [0.4, 0.5) is 0 Å². The Labute approximate surface area is 160 Å². The fraction of sp³-hybridized carbons (Fsp3) is 0.900. The number of esters is 2. The lowest BCUT2D eigenvalue weighted by atomic mass is 10.1. The van der Waals surface area contributed by atoms with Gasteiger partial charge in [-0.3, -0.25) is 9.59 Å². The molecule has 0 spiro atoms. The van der Waals surface area contributed by atoms with Crippen molar-refractivity contribution >= 4 is 11.9 Å². The van der Waals surface area contributed by atoms with Crippen LogP contribution in [-0.4, -0.2) is 88.5 Å². The molecule has 0 N–H and O–H groups in total. The van der Waals surface area contributed by atoms with Gasteiger partial charge in [-0.05, 0) is 12.8 Å². The maximum absolute atomic E-state index is 11.7. The number of carbonyl (C=O) groups excluding carboxylic acids is 2. The quantitative estimate of drug-likeness (QED) is 0.367. The predicted octanol–water partition coefficient (Wildman–Crippen LogP) is 2.32. The molecule has 2 atom stereocenters. The van der Waals surface area contributed by atoms with E-state index in [2.05, 4.69) is 28.2 Å². The van der Waals surface area contributed by atoms with E-state index in [-0.39, 0.29) is 23.8 Å². The van der Waals surface area contributed by atoms with E-state index in [1.807, 2.05) is 27.7 Å². The zero-order valence-corrected chi connectivity index (χ0v) is 18.3. The number of carbonyl (C=O) groups is 2. The monoisotopic (exact) mass is 374 g/mol. The van der Waals surface area contributed by atoms with E-state index in [1.54, 1.807) is 0 Å². The van der Waals surface area contributed by atoms with Crippen LogP contribution in [0, 0.1) is 11.8 Å². The fourth-order valence-corrected chi connectivity index (χ4v) is 2.17. The average Bonchev–Trinajstić information content (AvgIpc) is 2.58. The number of nitrogens with zero attached hydrogens (tertiary/aromatic N) is 2. The van der Waals surface area contributed by atoms with Gasteiger partial charge in [-0.1, -0.05) is 27.7 Å². The second-order valence-electron chi connectivity index (χ2n) is 8.72. The zero-order valence-electron chi connectivity index (χ0n) is 18.3. The maximum atomic E-state index is 11.7. The van der Waals surface area contributed by atoms with E-state index in [1.165, 1.54) is 0 Å². The topological polar surface area (TPSA) is 52.6 Å². The van der Waals surface area contributed by atoms with Crippen molar-refractivity contribution in [2.24, 2.45) is 11.8 Å². The average molecular weight is 375 g/mol. The summed E-state index contributed by atoms with van der Waals surface area (Å²) in [5.41, 5.74) is 0. The standard InChI is InChI=1S/C20H42N2O4/c1-9-17(3)19(23)25-15-13-21(5,6)11-12-22(7,8)14-16-26-20(24)18(4)10-2/h17-18H,9-16H2,1-8H3/q+2. The summed E-state index contributed by atoms with van der Waals surface area (Å²) in [4.78, 5) is 23.5. The molecule has 0 aliphatic rings. The Kier molecular flexibility index (Phi) is 11.0. The second kappa shape index (κ2) is 11.5. The van der Waals surface area contributed by atoms with E-state index >= 15 is 0 Å². The van der Waals surface area contributed by atoms with Gasteiger partial charge >= 0.3 is 11.9 Å². The van der Waals surface area contributed by atoms with Gasteiger partial charge in [0, 0.05) is 0 Å². The molecular weight excluding hydrogens is 332 g/mol. The number of rotatable bonds is 13. The molecule has 2 unspecified atom stereocenters. The zero-order chi connectivity index (χ0) is 20.4. The van der Waals surface area contributed by atoms with Gasteiger partial charge in [0.2, 0.25) is 0 Å². The first-order valence-electron chi connectivity index (χ1n) is 9.91. The Morgan fingerprint density at radius 3 is 1.27 bits per heavy atom. The minimum atomic E-state index is -0.105. The van der Waals surface area contributed by atoms with E-state index in [0.717, 1.165) is 48.0 Å². The van der Waals surface area contributed by atoms with Gasteiger partial charge in [-0.25, -0.2) is 0 Å². The Bertz CT molecular complexity index is 396. The molecule has 26 heavy (non-hydrogen) atoms. The number of likely N-dealkylation sites (N-methyl/N-ethyl adjacent to an activating group) is 2. The van der Waals surface area contributed by atoms with Crippen LogP contribution in [-0.2, 0) is 19.1 Å². The molecule has 0 bridgehead atoms. The summed E-state index contributed by atoms with van der Waals surface area (Å²) in [6.45, 7) is 12.2. The summed E-state index contributed by atoms with van der Waals surface area (Å²) in [6.07, 6.45) is 1.62. The van der Waals surface area contributed by atoms with Crippen molar-refractivity contribution in [3.8, 4) is 0 Å². The Morgan fingerprint density at radius 2 is 1.00 bits per heavy atom. The molecule has 0 radical (unpaired) electrons. The van der Waals surface area contributed by atoms with Crippen molar-refractivity contribution < 1.29 is 28.0 Å². The molecule has 0 aliphatic heterocycles. The van der Waals surface area contributed by atoms with Gasteiger partial charge in [0.15, 0.2) is 0 Å². The fourth-order valence-electron chi connectivity index (χ4n) is 2.17. The lowest BCUT2D eigenvalue weighted by Crippen LogP contribution is -2.53. The van der Waals surface area contributed by atoms with E-state index in [0.29, 0.717) is 13.2 Å². The van der Waals surface area contributed by atoms with Gasteiger partial charge in [0.1, 0.15) is 39.4 Å². The Hall–Kier alpha value is -1.14. The van der Waals surface area contributed by atoms with Gasteiger partial charge in [0.25, 0.3) is 0 Å². The molecule has 0 heterocycles. The highest BCUT2D eigenvalue weighted by atomic mass is 16.5. The van der Waals surface area contributed by atoms with Gasteiger partial charge in [-0.2, -0.15) is 0 Å². The number of ether oxygens (including phenoxy) is 2. The van der Waals surface area contributed by atoms with Crippen LogP contribution in [0.3, 0.4) is 0 Å². The third-order valence-corrected chi connectivity index (χ3v) is 5.22. The largest absolute Gasteiger partial charge is 0.459 e. The van der Waals surface area contributed by atoms with Crippen LogP contribution in [0.25, 0.3) is 0 Å². The maximum Gasteiger partial charge on any atom is 0.308 e. The lowest BCUT2D eigenvalue weighted by Gasteiger charge is -2.35. The van der Waals surface area contributed by atoms with Gasteiger partial charge in [0.05, 0.1) is 40.0 Å². The summed E-state index contributed by atoms with van der Waals surface area (Å²) in [7, 11) is 8.61. The molecular formula is C20H42N2O4+2. The molecule has 0 aromatic carbocycles. The molecule has 0 saturated heterocycles. The smallest absolute Gasteiger partial charge is 0.308 e. The highest BCUT2D eigenvalue weighted by Gasteiger charge is 2.24. The SMILES string of the molecule is CCC(C)C(=O)OCC[N+](C)(C)CC[N+](C)(C)CCOC(=O)C(C)CC. The predicted molar refractivity (Wildman–Crippen MR) is 105 cm³/mol. The Morgan fingerprint density at radius 1 is 0.692 bits per heavy atom. The summed E-state index contributed by atoms with van der Waals surface area (Å²) < 4.78 is 12.3. The van der Waals surface area contributed by atoms with Crippen molar-refractivity contribution in [3.63, 3.8) is 0 Å². The highest BCUT2D eigenvalue weighted by Crippen LogP contribution is 2.07. The molecule has 154 valence electrons. The first kappa shape index (κ1) is 24.9. The lowest BCUT2D eigenvalue weighted by molar-refractivity contribution is -0.945. The normalized spacial score (nSPS) is 14.6. The van der Waals surface area contributed by atoms with Crippen molar-refractivity contribution in [1.82, 2.24) is 0 Å². The molecule has 0 rings (SSSR count). The third-order valence-electron chi connectivity index (χ3n) is 5.22. The van der Waals surface area contributed by atoms with Crippen LogP contribution >= 0.6 is 0 Å². The minimum Gasteiger partial charge on any atom is -0.459 e. The summed E-state index contributed by atoms with van der Waals surface area (Å²) in [5, 5.41) is 0. The van der Waals surface area contributed by atoms with Crippen LogP contribution in [0.15, 0.2) is 0 Å². The van der Waals surface area contributed by atoms with Crippen molar-refractivity contribution in [2.75, 3.05) is 67.6 Å². The summed E-state index contributed by atoms with van der Waals surface area (Å²) >= 11 is 0. The van der Waals surface area contributed by atoms with Crippen LogP contribution in [0.5, 0.6) is 0 Å². The molecule has 0 aliphatic carbocycles. The third kappa shape index (κ3) is 10.8. The number of quaternary nitrogens is 2. The number of hydrogen-bond donors (Lipinski definition) is 0. The first-order chi connectivity index (χ1) is 11.9. The molecule has 6 nitrogen and oxygen atoms in total. The summed E-state index contributed by atoms with van der Waals surface area (Å²) in [6, 6.07) is 0. The van der Waals surface area contributed by atoms with Crippen LogP contribution < -0.4 is 0 Å². The molecule has 0 saturated carbocycles. The van der Waals surface area contributed by atoms with Crippen molar-refractivity contribution in [1.29, 1.82) is 0 Å². The van der Waals surface area contributed by atoms with E-state index < -0.39 is 0 Å². The Balaban J connectivity index is 4.17. The van der Waals surface area contributed by atoms with Gasteiger partial charge in [-0.15, -0.1) is 0 Å². The minimum absolute atomic E-state index is 0.0284. The number of hydrogen-bond acceptors (Lipinski definition) is 4. The van der Waals surface area contributed by atoms with Crippen molar-refractivity contribution in [2.45, 2.75) is 40.5 Å². The van der Waals surface area contributed by atoms with Gasteiger partial charge < -0.3 is 18.4 Å². The molecule has 0 amide bonds.